The number of ether oxygens (including phenoxy) is 1. The van der Waals surface area contributed by atoms with E-state index in [2.05, 4.69) is 48.3 Å². The normalized spacial score (nSPS) is 21.8. The van der Waals surface area contributed by atoms with Crippen molar-refractivity contribution < 1.29 is 9.53 Å². The van der Waals surface area contributed by atoms with Crippen LogP contribution in [0.15, 0.2) is 42.5 Å². The van der Waals surface area contributed by atoms with Gasteiger partial charge < -0.3 is 15.0 Å². The number of rotatable bonds is 7. The summed E-state index contributed by atoms with van der Waals surface area (Å²) in [6, 6.07) is 15.0. The van der Waals surface area contributed by atoms with E-state index in [9.17, 15) is 4.79 Å². The summed E-state index contributed by atoms with van der Waals surface area (Å²) in [6.45, 7) is 11.3. The molecule has 1 atom stereocenters. The van der Waals surface area contributed by atoms with Crippen molar-refractivity contribution in [3.8, 4) is 5.75 Å². The maximum atomic E-state index is 13.0. The number of carbonyl (C=O) groups is 1. The first-order valence-electron chi connectivity index (χ1n) is 13.1. The second kappa shape index (κ2) is 10.5. The Morgan fingerprint density at radius 1 is 1.03 bits per heavy atom. The molecule has 2 aromatic rings. The summed E-state index contributed by atoms with van der Waals surface area (Å²) in [5.41, 5.74) is 4.38. The van der Waals surface area contributed by atoms with Crippen molar-refractivity contribution >= 4 is 5.91 Å². The zero-order chi connectivity index (χ0) is 23.5. The van der Waals surface area contributed by atoms with Gasteiger partial charge in [0.2, 0.25) is 0 Å². The highest BCUT2D eigenvalue weighted by Gasteiger charge is 2.35. The third kappa shape index (κ3) is 5.16. The van der Waals surface area contributed by atoms with E-state index in [1.807, 2.05) is 23.1 Å². The lowest BCUT2D eigenvalue weighted by atomic mass is 9.86. The number of amides is 1. The van der Waals surface area contributed by atoms with Gasteiger partial charge >= 0.3 is 0 Å². The van der Waals surface area contributed by atoms with Crippen LogP contribution in [0.2, 0.25) is 0 Å². The molecule has 5 nitrogen and oxygen atoms in total. The molecule has 0 saturated carbocycles. The summed E-state index contributed by atoms with van der Waals surface area (Å²) >= 11 is 0. The monoisotopic (exact) mass is 461 g/mol. The van der Waals surface area contributed by atoms with E-state index in [1.54, 1.807) is 0 Å². The molecule has 5 rings (SSSR count). The molecule has 1 unspecified atom stereocenters. The molecule has 3 aliphatic heterocycles. The molecule has 0 radical (unpaired) electrons. The molecule has 0 aromatic heterocycles. The smallest absolute Gasteiger partial charge is 0.254 e. The van der Waals surface area contributed by atoms with Crippen LogP contribution in [0.4, 0.5) is 0 Å². The van der Waals surface area contributed by atoms with Gasteiger partial charge in [0.05, 0.1) is 6.54 Å². The third-order valence-corrected chi connectivity index (χ3v) is 8.06. The lowest BCUT2D eigenvalue weighted by Crippen LogP contribution is -2.46. The summed E-state index contributed by atoms with van der Waals surface area (Å²) in [5.74, 6) is 2.68. The Morgan fingerprint density at radius 3 is 2.50 bits per heavy atom. The zero-order valence-electron chi connectivity index (χ0n) is 20.8. The summed E-state index contributed by atoms with van der Waals surface area (Å²) in [4.78, 5) is 17.6. The molecule has 2 fully saturated rings. The fourth-order valence-corrected chi connectivity index (χ4v) is 5.79. The topological polar surface area (TPSA) is 44.8 Å². The fourth-order valence-electron chi connectivity index (χ4n) is 5.79. The molecule has 2 aromatic carbocycles. The molecule has 0 aliphatic carbocycles. The van der Waals surface area contributed by atoms with Gasteiger partial charge in [-0.1, -0.05) is 44.2 Å². The van der Waals surface area contributed by atoms with Crippen LogP contribution in [0.3, 0.4) is 0 Å². The number of likely N-dealkylation sites (tertiary alicyclic amines) is 1. The second-order valence-electron chi connectivity index (χ2n) is 10.7. The Bertz CT molecular complexity index is 973. The summed E-state index contributed by atoms with van der Waals surface area (Å²) in [6.07, 6.45) is 4.84. The largest absolute Gasteiger partial charge is 0.489 e. The Hall–Kier alpha value is -2.37. The summed E-state index contributed by atoms with van der Waals surface area (Å²) < 4.78 is 6.24. The first kappa shape index (κ1) is 23.4. The molecule has 182 valence electrons. The molecule has 0 spiro atoms. The maximum Gasteiger partial charge on any atom is 0.254 e. The average molecular weight is 462 g/mol. The Morgan fingerprint density at radius 2 is 1.79 bits per heavy atom. The van der Waals surface area contributed by atoms with Crippen molar-refractivity contribution in [1.29, 1.82) is 0 Å². The van der Waals surface area contributed by atoms with Crippen LogP contribution < -0.4 is 10.1 Å². The van der Waals surface area contributed by atoms with Crippen LogP contribution in [0.1, 0.15) is 66.6 Å². The van der Waals surface area contributed by atoms with Gasteiger partial charge in [-0.05, 0) is 80.4 Å². The van der Waals surface area contributed by atoms with Gasteiger partial charge in [0, 0.05) is 30.3 Å². The summed E-state index contributed by atoms with van der Waals surface area (Å²) in [7, 11) is 0. The predicted molar refractivity (Wildman–Crippen MR) is 136 cm³/mol. The van der Waals surface area contributed by atoms with E-state index in [1.165, 1.54) is 31.5 Å². The lowest BCUT2D eigenvalue weighted by Gasteiger charge is -2.33. The van der Waals surface area contributed by atoms with Crippen molar-refractivity contribution in [3.63, 3.8) is 0 Å². The molecule has 1 N–H and O–H groups in total. The Balaban J connectivity index is 1.16. The van der Waals surface area contributed by atoms with Crippen LogP contribution in [0, 0.1) is 11.8 Å². The Labute approximate surface area is 204 Å². The van der Waals surface area contributed by atoms with Gasteiger partial charge in [-0.2, -0.15) is 0 Å². The molecule has 5 heteroatoms. The highest BCUT2D eigenvalue weighted by molar-refractivity contribution is 5.99. The molecule has 34 heavy (non-hydrogen) atoms. The van der Waals surface area contributed by atoms with Crippen molar-refractivity contribution in [2.75, 3.05) is 26.2 Å². The minimum absolute atomic E-state index is 0.149. The van der Waals surface area contributed by atoms with Gasteiger partial charge in [-0.15, -0.1) is 0 Å². The van der Waals surface area contributed by atoms with Gasteiger partial charge in [-0.3, -0.25) is 9.69 Å². The van der Waals surface area contributed by atoms with Crippen LogP contribution in [-0.4, -0.2) is 47.9 Å². The predicted octanol–water partition coefficient (Wildman–Crippen LogP) is 4.84. The number of nitrogens with one attached hydrogen (secondary N) is 1. The number of benzene rings is 2. The van der Waals surface area contributed by atoms with Gasteiger partial charge in [0.15, 0.2) is 0 Å². The molecule has 3 heterocycles. The number of hydrogen-bond donors (Lipinski definition) is 1. The average Bonchev–Trinajstić information content (AvgIpc) is 3.21. The number of carbonyl (C=O) groups excluding carboxylic acids is 1. The maximum absolute atomic E-state index is 13.0. The lowest BCUT2D eigenvalue weighted by molar-refractivity contribution is 0.0674. The molecule has 1 amide bonds. The standard InChI is InChI=1S/C29H39N3O2/c1-21(2)24-12-15-31(16-13-24)18-22-8-10-23(11-9-22)20-34-28-7-3-6-26-27(28)19-32(29(26)33)25-5-4-14-30-17-25/h3,6-11,21,24-25,30H,4-5,12-20H2,1-2H3. The minimum Gasteiger partial charge on any atom is -0.489 e. The highest BCUT2D eigenvalue weighted by Crippen LogP contribution is 2.33. The van der Waals surface area contributed by atoms with Crippen molar-refractivity contribution in [2.45, 2.75) is 65.3 Å². The van der Waals surface area contributed by atoms with Crippen molar-refractivity contribution in [3.05, 3.63) is 64.7 Å². The number of hydrogen-bond acceptors (Lipinski definition) is 4. The van der Waals surface area contributed by atoms with E-state index in [4.69, 9.17) is 4.74 Å². The summed E-state index contributed by atoms with van der Waals surface area (Å²) in [5, 5.41) is 3.43. The van der Waals surface area contributed by atoms with Crippen molar-refractivity contribution in [2.24, 2.45) is 11.8 Å². The fraction of sp³-hybridized carbons (Fsp3) is 0.552. The van der Waals surface area contributed by atoms with Crippen LogP contribution in [-0.2, 0) is 19.7 Å². The first-order chi connectivity index (χ1) is 16.6. The van der Waals surface area contributed by atoms with Gasteiger partial charge in [0.1, 0.15) is 12.4 Å². The van der Waals surface area contributed by atoms with E-state index >= 15 is 0 Å². The van der Waals surface area contributed by atoms with Gasteiger partial charge in [0.25, 0.3) is 5.91 Å². The number of nitrogens with zero attached hydrogens (tertiary/aromatic N) is 2. The number of piperidine rings is 2. The molecule has 0 bridgehead atoms. The van der Waals surface area contributed by atoms with Gasteiger partial charge in [-0.25, -0.2) is 0 Å². The third-order valence-electron chi connectivity index (χ3n) is 8.06. The highest BCUT2D eigenvalue weighted by atomic mass is 16.5. The van der Waals surface area contributed by atoms with E-state index < -0.39 is 0 Å². The van der Waals surface area contributed by atoms with E-state index in [-0.39, 0.29) is 11.9 Å². The molecule has 3 aliphatic rings. The van der Waals surface area contributed by atoms with E-state index in [0.29, 0.717) is 13.2 Å². The minimum atomic E-state index is 0.149. The SMILES string of the molecule is CC(C)C1CCN(Cc2ccc(COc3cccc4c3CN(C3CCCNC3)C4=O)cc2)CC1. The van der Waals surface area contributed by atoms with Crippen LogP contribution in [0.5, 0.6) is 5.75 Å². The second-order valence-corrected chi connectivity index (χ2v) is 10.7. The van der Waals surface area contributed by atoms with Crippen molar-refractivity contribution in [1.82, 2.24) is 15.1 Å². The van der Waals surface area contributed by atoms with E-state index in [0.717, 1.165) is 66.8 Å². The zero-order valence-corrected chi connectivity index (χ0v) is 20.8. The quantitative estimate of drug-likeness (QED) is 0.641. The first-order valence-corrected chi connectivity index (χ1v) is 13.1. The Kier molecular flexibility index (Phi) is 7.21. The van der Waals surface area contributed by atoms with Crippen LogP contribution in [0.25, 0.3) is 0 Å². The number of fused-ring (bicyclic) bond motifs is 1. The molecular formula is C29H39N3O2. The van der Waals surface area contributed by atoms with Crippen LogP contribution >= 0.6 is 0 Å². The molecule has 2 saturated heterocycles. The molecular weight excluding hydrogens is 422 g/mol.